The molecule has 2 heterocycles. The zero-order chi connectivity index (χ0) is 8.72. The molecule has 62 valence electrons. The number of nitrogen functional groups attached to an aromatic ring is 1. The maximum atomic E-state index is 5.75. The number of hydrogen-bond acceptors (Lipinski definition) is 3. The lowest BCUT2D eigenvalue weighted by Gasteiger charge is -1.90. The fourth-order valence-electron chi connectivity index (χ4n) is 1.21. The average molecular weight is 162 g/mol. The van der Waals surface area contributed by atoms with Crippen LogP contribution in [-0.4, -0.2) is 4.98 Å². The van der Waals surface area contributed by atoms with Crippen molar-refractivity contribution < 1.29 is 4.42 Å². The van der Waals surface area contributed by atoms with Gasteiger partial charge in [-0.25, -0.2) is 4.98 Å². The molecule has 12 heavy (non-hydrogen) atoms. The Morgan fingerprint density at radius 2 is 2.08 bits per heavy atom. The molecule has 0 aromatic carbocycles. The minimum absolute atomic E-state index is 0.647. The molecule has 2 N–H and O–H groups in total. The van der Waals surface area contributed by atoms with E-state index in [9.17, 15) is 0 Å². The van der Waals surface area contributed by atoms with Crippen LogP contribution < -0.4 is 5.73 Å². The van der Waals surface area contributed by atoms with Gasteiger partial charge in [-0.3, -0.25) is 0 Å². The van der Waals surface area contributed by atoms with Crippen LogP contribution >= 0.6 is 0 Å². The van der Waals surface area contributed by atoms with E-state index in [0.717, 1.165) is 22.6 Å². The molecule has 0 unspecified atom stereocenters. The van der Waals surface area contributed by atoms with Crippen molar-refractivity contribution >= 4 is 16.8 Å². The van der Waals surface area contributed by atoms with Crippen LogP contribution in [-0.2, 0) is 0 Å². The Hall–Kier alpha value is -1.51. The number of aryl methyl sites for hydroxylation is 2. The van der Waals surface area contributed by atoms with Crippen molar-refractivity contribution in [3.8, 4) is 0 Å². The highest BCUT2D eigenvalue weighted by Crippen LogP contribution is 2.25. The molecule has 0 atom stereocenters. The fraction of sp³-hybridized carbons (Fsp3) is 0.222. The predicted octanol–water partition coefficient (Wildman–Crippen LogP) is 2.03. The van der Waals surface area contributed by atoms with Gasteiger partial charge in [0, 0.05) is 5.69 Å². The zero-order valence-corrected chi connectivity index (χ0v) is 7.09. The van der Waals surface area contributed by atoms with E-state index in [2.05, 4.69) is 4.98 Å². The van der Waals surface area contributed by atoms with Crippen molar-refractivity contribution in [2.75, 3.05) is 5.73 Å². The number of anilines is 1. The maximum Gasteiger partial charge on any atom is 0.154 e. The second-order valence-corrected chi connectivity index (χ2v) is 2.87. The molecule has 3 nitrogen and oxygen atoms in total. The highest BCUT2D eigenvalue weighted by molar-refractivity contribution is 5.87. The van der Waals surface area contributed by atoms with Crippen molar-refractivity contribution in [1.29, 1.82) is 0 Å². The Morgan fingerprint density at radius 3 is 2.83 bits per heavy atom. The summed E-state index contributed by atoms with van der Waals surface area (Å²) in [6.45, 7) is 3.77. The third kappa shape index (κ3) is 0.863. The molecule has 0 saturated carbocycles. The second-order valence-electron chi connectivity index (χ2n) is 2.87. The fourth-order valence-corrected chi connectivity index (χ4v) is 1.21. The Kier molecular flexibility index (Phi) is 1.33. The van der Waals surface area contributed by atoms with E-state index in [1.807, 2.05) is 26.0 Å². The number of nitrogens with two attached hydrogens (primary N) is 1. The molecule has 0 saturated heterocycles. The van der Waals surface area contributed by atoms with Gasteiger partial charge >= 0.3 is 0 Å². The summed E-state index contributed by atoms with van der Waals surface area (Å²) < 4.78 is 5.37. The molecule has 0 aliphatic rings. The molecular weight excluding hydrogens is 152 g/mol. The first-order valence-electron chi connectivity index (χ1n) is 3.80. The summed E-state index contributed by atoms with van der Waals surface area (Å²) in [7, 11) is 0. The molecule has 2 rings (SSSR count). The van der Waals surface area contributed by atoms with Gasteiger partial charge in [0.05, 0.1) is 0 Å². The topological polar surface area (TPSA) is 52.0 Å². The Labute approximate surface area is 70.2 Å². The van der Waals surface area contributed by atoms with Gasteiger partial charge in [0.25, 0.3) is 0 Å². The van der Waals surface area contributed by atoms with Crippen LogP contribution in [0, 0.1) is 13.8 Å². The average Bonchev–Trinajstić information content (AvgIpc) is 2.31. The van der Waals surface area contributed by atoms with Crippen LogP contribution in [0.25, 0.3) is 11.1 Å². The summed E-state index contributed by atoms with van der Waals surface area (Å²) in [5, 5.41) is 0. The van der Waals surface area contributed by atoms with Gasteiger partial charge in [-0.15, -0.1) is 0 Å². The van der Waals surface area contributed by atoms with Crippen molar-refractivity contribution in [2.45, 2.75) is 13.8 Å². The van der Waals surface area contributed by atoms with Crippen molar-refractivity contribution in [2.24, 2.45) is 0 Å². The highest BCUT2D eigenvalue weighted by Gasteiger charge is 2.07. The summed E-state index contributed by atoms with van der Waals surface area (Å²) in [4.78, 5) is 4.28. The SMILES string of the molecule is Cc1ccc2oc(C)c(N)c2n1. The monoisotopic (exact) mass is 162 g/mol. The summed E-state index contributed by atoms with van der Waals surface area (Å²) in [6, 6.07) is 3.80. The molecule has 0 bridgehead atoms. The van der Waals surface area contributed by atoms with Gasteiger partial charge in [-0.05, 0) is 26.0 Å². The lowest BCUT2D eigenvalue weighted by molar-refractivity contribution is 0.580. The Bertz CT molecular complexity index is 431. The van der Waals surface area contributed by atoms with E-state index in [1.54, 1.807) is 0 Å². The first-order chi connectivity index (χ1) is 5.68. The van der Waals surface area contributed by atoms with Gasteiger partial charge in [0.1, 0.15) is 17.0 Å². The smallest absolute Gasteiger partial charge is 0.154 e. The minimum Gasteiger partial charge on any atom is -0.457 e. The Balaban J connectivity index is 2.88. The number of furan rings is 1. The largest absolute Gasteiger partial charge is 0.457 e. The predicted molar refractivity (Wildman–Crippen MR) is 47.9 cm³/mol. The molecule has 0 spiro atoms. The number of fused-ring (bicyclic) bond motifs is 1. The van der Waals surface area contributed by atoms with E-state index >= 15 is 0 Å². The molecule has 0 amide bonds. The minimum atomic E-state index is 0.647. The van der Waals surface area contributed by atoms with Gasteiger partial charge in [-0.1, -0.05) is 0 Å². The molecule has 3 heteroatoms. The first-order valence-corrected chi connectivity index (χ1v) is 3.80. The van der Waals surface area contributed by atoms with Gasteiger partial charge in [0.15, 0.2) is 5.58 Å². The van der Waals surface area contributed by atoms with Crippen LogP contribution in [0.15, 0.2) is 16.5 Å². The zero-order valence-electron chi connectivity index (χ0n) is 7.09. The number of nitrogens with zero attached hydrogens (tertiary/aromatic N) is 1. The number of aromatic nitrogens is 1. The van der Waals surface area contributed by atoms with Crippen LogP contribution in [0.5, 0.6) is 0 Å². The Morgan fingerprint density at radius 1 is 1.33 bits per heavy atom. The van der Waals surface area contributed by atoms with Crippen molar-refractivity contribution in [3.63, 3.8) is 0 Å². The number of rotatable bonds is 0. The van der Waals surface area contributed by atoms with E-state index < -0.39 is 0 Å². The third-order valence-corrected chi connectivity index (χ3v) is 1.89. The summed E-state index contributed by atoms with van der Waals surface area (Å²) in [6.07, 6.45) is 0. The van der Waals surface area contributed by atoms with Crippen LogP contribution in [0.2, 0.25) is 0 Å². The third-order valence-electron chi connectivity index (χ3n) is 1.89. The number of pyridine rings is 1. The molecule has 0 fully saturated rings. The van der Waals surface area contributed by atoms with Crippen LogP contribution in [0.4, 0.5) is 5.69 Å². The van der Waals surface area contributed by atoms with Crippen molar-refractivity contribution in [1.82, 2.24) is 4.98 Å². The highest BCUT2D eigenvalue weighted by atomic mass is 16.3. The molecule has 0 radical (unpaired) electrons. The standard InChI is InChI=1S/C9H10N2O/c1-5-3-4-7-9(11-5)8(10)6(2)12-7/h3-4H,10H2,1-2H3. The lowest BCUT2D eigenvalue weighted by Crippen LogP contribution is -1.87. The van der Waals surface area contributed by atoms with Gasteiger partial charge < -0.3 is 10.2 Å². The maximum absolute atomic E-state index is 5.75. The normalized spacial score (nSPS) is 10.8. The summed E-state index contributed by atoms with van der Waals surface area (Å²) >= 11 is 0. The van der Waals surface area contributed by atoms with E-state index in [0.29, 0.717) is 5.69 Å². The molecular formula is C9H10N2O. The molecule has 0 aliphatic carbocycles. The lowest BCUT2D eigenvalue weighted by atomic mass is 10.3. The van der Waals surface area contributed by atoms with Gasteiger partial charge in [0.2, 0.25) is 0 Å². The molecule has 2 aromatic heterocycles. The van der Waals surface area contributed by atoms with E-state index in [-0.39, 0.29) is 0 Å². The summed E-state index contributed by atoms with van der Waals surface area (Å²) in [5.41, 5.74) is 8.88. The van der Waals surface area contributed by atoms with Gasteiger partial charge in [-0.2, -0.15) is 0 Å². The molecule has 0 aliphatic heterocycles. The van der Waals surface area contributed by atoms with Crippen molar-refractivity contribution in [3.05, 3.63) is 23.6 Å². The van der Waals surface area contributed by atoms with E-state index in [1.165, 1.54) is 0 Å². The second kappa shape index (κ2) is 2.24. The first kappa shape index (κ1) is 7.16. The number of hydrogen-bond donors (Lipinski definition) is 1. The quantitative estimate of drug-likeness (QED) is 0.644. The van der Waals surface area contributed by atoms with Crippen LogP contribution in [0.1, 0.15) is 11.5 Å². The summed E-state index contributed by atoms with van der Waals surface area (Å²) in [5.74, 6) is 0.739. The van der Waals surface area contributed by atoms with E-state index in [4.69, 9.17) is 10.2 Å². The van der Waals surface area contributed by atoms with Crippen LogP contribution in [0.3, 0.4) is 0 Å². The molecule has 2 aromatic rings.